The predicted molar refractivity (Wildman–Crippen MR) is 113 cm³/mol. The molecule has 0 N–H and O–H groups in total. The number of likely N-dealkylation sites (N-methyl/N-ethyl adjacent to an activating group) is 2. The van der Waals surface area contributed by atoms with E-state index in [2.05, 4.69) is 42.2 Å². The van der Waals surface area contributed by atoms with E-state index < -0.39 is 0 Å². The third-order valence-electron chi connectivity index (χ3n) is 5.42. The lowest BCUT2D eigenvalue weighted by molar-refractivity contribution is 0.234. The number of hydrogen-bond donors (Lipinski definition) is 0. The van der Waals surface area contributed by atoms with Crippen LogP contribution in [0.4, 0.5) is 0 Å². The van der Waals surface area contributed by atoms with Crippen molar-refractivity contribution in [3.8, 4) is 22.8 Å². The van der Waals surface area contributed by atoms with Gasteiger partial charge in [-0.25, -0.2) is 0 Å². The topological polar surface area (TPSA) is 33.5 Å². The van der Waals surface area contributed by atoms with Gasteiger partial charge in [0.15, 0.2) is 0 Å². The first kappa shape index (κ1) is 18.7. The zero-order chi connectivity index (χ0) is 19.5. The number of aromatic nitrogens is 2. The third-order valence-corrected chi connectivity index (χ3v) is 5.42. The van der Waals surface area contributed by atoms with E-state index in [1.165, 1.54) is 18.5 Å². The molecule has 0 radical (unpaired) electrons. The van der Waals surface area contributed by atoms with E-state index in [1.54, 1.807) is 0 Å². The van der Waals surface area contributed by atoms with Gasteiger partial charge in [0.1, 0.15) is 11.5 Å². The summed E-state index contributed by atoms with van der Waals surface area (Å²) in [5.41, 5.74) is 3.43. The second-order valence-corrected chi connectivity index (χ2v) is 7.74. The van der Waals surface area contributed by atoms with E-state index in [4.69, 9.17) is 9.84 Å². The van der Waals surface area contributed by atoms with Crippen LogP contribution in [0.15, 0.2) is 60.8 Å². The highest BCUT2D eigenvalue weighted by Gasteiger charge is 2.24. The Balaban J connectivity index is 1.49. The maximum atomic E-state index is 5.91. The van der Waals surface area contributed by atoms with Crippen molar-refractivity contribution in [2.24, 2.45) is 7.05 Å². The molecule has 28 heavy (non-hydrogen) atoms. The second-order valence-electron chi connectivity index (χ2n) is 7.74. The first-order chi connectivity index (χ1) is 13.6. The van der Waals surface area contributed by atoms with Crippen LogP contribution < -0.4 is 4.74 Å². The van der Waals surface area contributed by atoms with Crippen molar-refractivity contribution in [2.75, 3.05) is 27.2 Å². The SMILES string of the molecule is CN1CC[C@H](N(C)Cc2cn(C)nc2-c2ccc(Oc3ccccc3)cc2)C1. The Morgan fingerprint density at radius 2 is 1.75 bits per heavy atom. The van der Waals surface area contributed by atoms with Gasteiger partial charge in [0.2, 0.25) is 0 Å². The van der Waals surface area contributed by atoms with Crippen LogP contribution in [0.1, 0.15) is 12.0 Å². The lowest BCUT2D eigenvalue weighted by Crippen LogP contribution is -2.33. The fraction of sp³-hybridized carbons (Fsp3) is 0.348. The lowest BCUT2D eigenvalue weighted by Gasteiger charge is -2.24. The summed E-state index contributed by atoms with van der Waals surface area (Å²) in [6, 6.07) is 18.7. The number of hydrogen-bond acceptors (Lipinski definition) is 4. The van der Waals surface area contributed by atoms with Gasteiger partial charge < -0.3 is 9.64 Å². The summed E-state index contributed by atoms with van der Waals surface area (Å²) in [7, 11) is 6.41. The Morgan fingerprint density at radius 1 is 1.04 bits per heavy atom. The summed E-state index contributed by atoms with van der Waals surface area (Å²) in [5, 5.41) is 4.73. The number of likely N-dealkylation sites (tertiary alicyclic amines) is 1. The van der Waals surface area contributed by atoms with Crippen LogP contribution in [-0.2, 0) is 13.6 Å². The maximum absolute atomic E-state index is 5.91. The Hall–Kier alpha value is -2.63. The van der Waals surface area contributed by atoms with Crippen molar-refractivity contribution in [1.29, 1.82) is 0 Å². The largest absolute Gasteiger partial charge is 0.457 e. The highest BCUT2D eigenvalue weighted by molar-refractivity contribution is 5.63. The van der Waals surface area contributed by atoms with Crippen molar-refractivity contribution in [1.82, 2.24) is 19.6 Å². The van der Waals surface area contributed by atoms with E-state index in [0.29, 0.717) is 6.04 Å². The molecule has 146 valence electrons. The van der Waals surface area contributed by atoms with E-state index in [-0.39, 0.29) is 0 Å². The fourth-order valence-electron chi connectivity index (χ4n) is 3.87. The minimum Gasteiger partial charge on any atom is -0.457 e. The van der Waals surface area contributed by atoms with Gasteiger partial charge in [-0.05, 0) is 63.5 Å². The van der Waals surface area contributed by atoms with Crippen LogP contribution in [0, 0.1) is 0 Å². The molecule has 0 unspecified atom stereocenters. The van der Waals surface area contributed by atoms with Crippen molar-refractivity contribution in [3.05, 3.63) is 66.4 Å². The summed E-state index contributed by atoms with van der Waals surface area (Å²) >= 11 is 0. The van der Waals surface area contributed by atoms with E-state index in [9.17, 15) is 0 Å². The molecule has 0 bridgehead atoms. The smallest absolute Gasteiger partial charge is 0.127 e. The highest BCUT2D eigenvalue weighted by Crippen LogP contribution is 2.28. The van der Waals surface area contributed by atoms with Gasteiger partial charge in [-0.2, -0.15) is 5.10 Å². The van der Waals surface area contributed by atoms with E-state index in [0.717, 1.165) is 35.8 Å². The minimum absolute atomic E-state index is 0.611. The average molecular weight is 377 g/mol. The molecule has 1 aliphatic rings. The quantitative estimate of drug-likeness (QED) is 0.651. The maximum Gasteiger partial charge on any atom is 0.127 e. The summed E-state index contributed by atoms with van der Waals surface area (Å²) in [6.45, 7) is 3.22. The number of ether oxygens (including phenoxy) is 1. The first-order valence-corrected chi connectivity index (χ1v) is 9.83. The standard InChI is InChI=1S/C23H28N4O/c1-25-14-13-20(17-25)26(2)15-19-16-27(3)24-23(19)18-9-11-22(12-10-18)28-21-7-5-4-6-8-21/h4-12,16,20H,13-15,17H2,1-3H3/t20-/m0/s1. The molecule has 2 aromatic carbocycles. The zero-order valence-electron chi connectivity index (χ0n) is 16.9. The molecule has 0 aliphatic carbocycles. The Bertz CT molecular complexity index is 904. The second kappa shape index (κ2) is 8.17. The lowest BCUT2D eigenvalue weighted by atomic mass is 10.1. The first-order valence-electron chi connectivity index (χ1n) is 9.83. The molecule has 0 saturated carbocycles. The molecule has 5 heteroatoms. The van der Waals surface area contributed by atoms with Crippen LogP contribution in [0.2, 0.25) is 0 Å². The Labute approximate surface area is 167 Å². The summed E-state index contributed by atoms with van der Waals surface area (Å²) in [5.74, 6) is 1.68. The summed E-state index contributed by atoms with van der Waals surface area (Å²) in [4.78, 5) is 4.85. The molecular weight excluding hydrogens is 348 g/mol. The van der Waals surface area contributed by atoms with Crippen molar-refractivity contribution >= 4 is 0 Å². The number of rotatable bonds is 6. The fourth-order valence-corrected chi connectivity index (χ4v) is 3.87. The summed E-state index contributed by atoms with van der Waals surface area (Å²) in [6.07, 6.45) is 3.37. The molecule has 4 rings (SSSR count). The molecule has 0 amide bonds. The van der Waals surface area contributed by atoms with Crippen LogP contribution in [-0.4, -0.2) is 52.8 Å². The highest BCUT2D eigenvalue weighted by atomic mass is 16.5. The van der Waals surface area contributed by atoms with Gasteiger partial charge >= 0.3 is 0 Å². The van der Waals surface area contributed by atoms with Crippen LogP contribution in [0.3, 0.4) is 0 Å². The number of aryl methyl sites for hydroxylation is 1. The molecule has 5 nitrogen and oxygen atoms in total. The third kappa shape index (κ3) is 4.26. The predicted octanol–water partition coefficient (Wildman–Crippen LogP) is 4.02. The van der Waals surface area contributed by atoms with Gasteiger partial charge in [-0.3, -0.25) is 9.58 Å². The molecule has 2 heterocycles. The monoisotopic (exact) mass is 376 g/mol. The molecule has 0 spiro atoms. The number of nitrogens with zero attached hydrogens (tertiary/aromatic N) is 4. The van der Waals surface area contributed by atoms with Crippen LogP contribution >= 0.6 is 0 Å². The zero-order valence-corrected chi connectivity index (χ0v) is 16.9. The van der Waals surface area contributed by atoms with Gasteiger partial charge in [-0.1, -0.05) is 18.2 Å². The summed E-state index contributed by atoms with van der Waals surface area (Å²) < 4.78 is 7.82. The minimum atomic E-state index is 0.611. The van der Waals surface area contributed by atoms with Crippen molar-refractivity contribution in [2.45, 2.75) is 19.0 Å². The van der Waals surface area contributed by atoms with Crippen molar-refractivity contribution in [3.63, 3.8) is 0 Å². The van der Waals surface area contributed by atoms with Crippen LogP contribution in [0.25, 0.3) is 11.3 Å². The van der Waals surface area contributed by atoms with E-state index >= 15 is 0 Å². The molecule has 1 aromatic heterocycles. The molecule has 1 fully saturated rings. The molecule has 1 atom stereocenters. The molecule has 1 aliphatic heterocycles. The Morgan fingerprint density at radius 3 is 2.43 bits per heavy atom. The number of para-hydroxylation sites is 1. The molecule has 1 saturated heterocycles. The Kier molecular flexibility index (Phi) is 5.46. The molecular formula is C23H28N4O. The number of benzene rings is 2. The molecule has 3 aromatic rings. The van der Waals surface area contributed by atoms with Crippen molar-refractivity contribution < 1.29 is 4.74 Å². The normalized spacial score (nSPS) is 17.4. The van der Waals surface area contributed by atoms with Gasteiger partial charge in [0.25, 0.3) is 0 Å². The van der Waals surface area contributed by atoms with Gasteiger partial charge in [0.05, 0.1) is 5.69 Å². The average Bonchev–Trinajstić information content (AvgIpc) is 3.29. The van der Waals surface area contributed by atoms with Gasteiger partial charge in [-0.15, -0.1) is 0 Å². The van der Waals surface area contributed by atoms with E-state index in [1.807, 2.05) is 54.2 Å². The van der Waals surface area contributed by atoms with Gasteiger partial charge in [0, 0.05) is 43.5 Å². The van der Waals surface area contributed by atoms with Crippen LogP contribution in [0.5, 0.6) is 11.5 Å².